The van der Waals surface area contributed by atoms with E-state index in [1.54, 1.807) is 5.38 Å². The number of hydrogen-bond acceptors (Lipinski definition) is 5. The summed E-state index contributed by atoms with van der Waals surface area (Å²) >= 11 is 1.31. The van der Waals surface area contributed by atoms with Crippen molar-refractivity contribution in [1.82, 2.24) is 4.98 Å². The summed E-state index contributed by atoms with van der Waals surface area (Å²) in [4.78, 5) is 18.5. The van der Waals surface area contributed by atoms with E-state index in [-0.39, 0.29) is 6.61 Å². The molecule has 0 spiro atoms. The highest BCUT2D eigenvalue weighted by Crippen LogP contribution is 2.14. The second kappa shape index (κ2) is 4.45. The van der Waals surface area contributed by atoms with Gasteiger partial charge in [0.25, 0.3) is 0 Å². The Morgan fingerprint density at radius 3 is 3.42 bits per heavy atom. The van der Waals surface area contributed by atoms with Gasteiger partial charge >= 0.3 is 0 Å². The van der Waals surface area contributed by atoms with Gasteiger partial charge in [-0.15, -0.1) is 11.3 Å². The van der Waals surface area contributed by atoms with E-state index in [0.29, 0.717) is 17.2 Å². The zero-order valence-electron chi connectivity index (χ0n) is 6.06. The lowest BCUT2D eigenvalue weighted by molar-refractivity contribution is -0.105. The van der Waals surface area contributed by atoms with Crippen LogP contribution in [-0.4, -0.2) is 18.1 Å². The van der Waals surface area contributed by atoms with Crippen molar-refractivity contribution in [2.24, 2.45) is 5.16 Å². The summed E-state index contributed by atoms with van der Waals surface area (Å²) in [6, 6.07) is 0. The number of nitrogens with one attached hydrogen (secondary N) is 1. The summed E-state index contributed by atoms with van der Waals surface area (Å²) in [5.74, 6) is 0. The van der Waals surface area contributed by atoms with Gasteiger partial charge in [-0.25, -0.2) is 4.98 Å². The summed E-state index contributed by atoms with van der Waals surface area (Å²) in [5.41, 5.74) is 0.679. The summed E-state index contributed by atoms with van der Waals surface area (Å²) < 4.78 is 0. The molecule has 0 saturated heterocycles. The molecule has 0 aliphatic carbocycles. The van der Waals surface area contributed by atoms with Gasteiger partial charge in [0.15, 0.2) is 11.7 Å². The van der Waals surface area contributed by atoms with Crippen molar-refractivity contribution in [3.63, 3.8) is 0 Å². The predicted molar refractivity (Wildman–Crippen MR) is 45.1 cm³/mol. The highest BCUT2D eigenvalue weighted by Gasteiger charge is 2.00. The molecule has 0 aliphatic heterocycles. The van der Waals surface area contributed by atoms with Gasteiger partial charge in [-0.1, -0.05) is 5.16 Å². The van der Waals surface area contributed by atoms with E-state index < -0.39 is 0 Å². The molecule has 1 N–H and O–H groups in total. The first-order chi connectivity index (χ1) is 5.86. The minimum atomic E-state index is 0.216. The maximum absolute atomic E-state index is 9.98. The minimum absolute atomic E-state index is 0.216. The van der Waals surface area contributed by atoms with Crippen molar-refractivity contribution in [3.05, 3.63) is 11.1 Å². The molecule has 1 amide bonds. The average Bonchev–Trinajstić information content (AvgIpc) is 2.50. The summed E-state index contributed by atoms with van der Waals surface area (Å²) in [7, 11) is 0. The maximum atomic E-state index is 9.98. The van der Waals surface area contributed by atoms with Gasteiger partial charge in [-0.05, 0) is 0 Å². The number of hydrogen-bond donors (Lipinski definition) is 1. The van der Waals surface area contributed by atoms with Crippen molar-refractivity contribution in [2.45, 2.75) is 6.61 Å². The van der Waals surface area contributed by atoms with Crippen LogP contribution in [0.1, 0.15) is 5.69 Å². The van der Waals surface area contributed by atoms with Crippen LogP contribution < -0.4 is 5.32 Å². The number of carbonyl (C=O) groups is 1. The molecule has 0 unspecified atom stereocenters. The molecule has 63 valence electrons. The van der Waals surface area contributed by atoms with Gasteiger partial charge in [0, 0.05) is 5.38 Å². The topological polar surface area (TPSA) is 63.6 Å². The fourth-order valence-corrected chi connectivity index (χ4v) is 1.25. The average molecular weight is 184 g/mol. The Bertz CT molecular complexity index is 274. The number of nitrogens with zero attached hydrogens (tertiary/aromatic N) is 2. The molecule has 0 saturated carbocycles. The van der Waals surface area contributed by atoms with Crippen molar-refractivity contribution < 1.29 is 9.63 Å². The first kappa shape index (κ1) is 8.66. The Morgan fingerprint density at radius 1 is 1.92 bits per heavy atom. The van der Waals surface area contributed by atoms with Gasteiger partial charge < -0.3 is 10.2 Å². The Labute approximate surface area is 73.1 Å². The first-order valence-electron chi connectivity index (χ1n) is 3.03. The molecule has 12 heavy (non-hydrogen) atoms. The van der Waals surface area contributed by atoms with E-state index in [2.05, 4.69) is 20.3 Å². The van der Waals surface area contributed by atoms with Crippen molar-refractivity contribution in [1.29, 1.82) is 0 Å². The quantitative estimate of drug-likeness (QED) is 0.416. The molecule has 0 aliphatic rings. The van der Waals surface area contributed by atoms with Crippen LogP contribution in [0.15, 0.2) is 10.5 Å². The van der Waals surface area contributed by atoms with Crippen LogP contribution in [0.25, 0.3) is 0 Å². The van der Waals surface area contributed by atoms with Crippen LogP contribution in [0, 0.1) is 0 Å². The SMILES string of the molecule is [CH]=NOCc1csc(NC=O)n1. The van der Waals surface area contributed by atoms with E-state index in [9.17, 15) is 4.79 Å². The molecule has 0 atom stereocenters. The van der Waals surface area contributed by atoms with Crippen LogP contribution in [0.3, 0.4) is 0 Å². The van der Waals surface area contributed by atoms with Crippen LogP contribution >= 0.6 is 11.3 Å². The standard InChI is InChI=1S/C6H6N3O2S/c1-7-11-2-5-3-12-6(9-5)8-4-10/h1,3-4H,2H2,(H,8,9,10). The van der Waals surface area contributed by atoms with E-state index in [1.807, 2.05) is 0 Å². The smallest absolute Gasteiger partial charge is 0.213 e. The van der Waals surface area contributed by atoms with E-state index in [0.717, 1.165) is 0 Å². The normalized spacial score (nSPS) is 9.00. The zero-order valence-corrected chi connectivity index (χ0v) is 6.87. The molecule has 0 fully saturated rings. The largest absolute Gasteiger partial charge is 0.389 e. The second-order valence-corrected chi connectivity index (χ2v) is 2.64. The molecule has 1 radical (unpaired) electrons. The van der Waals surface area contributed by atoms with E-state index in [4.69, 9.17) is 6.72 Å². The Hall–Kier alpha value is -1.43. The molecule has 6 heteroatoms. The van der Waals surface area contributed by atoms with Gasteiger partial charge in [-0.2, -0.15) is 0 Å². The van der Waals surface area contributed by atoms with Gasteiger partial charge in [0.2, 0.25) is 6.41 Å². The zero-order chi connectivity index (χ0) is 8.81. The molecular weight excluding hydrogens is 178 g/mol. The van der Waals surface area contributed by atoms with Crippen LogP contribution in [0.5, 0.6) is 0 Å². The first-order valence-corrected chi connectivity index (χ1v) is 3.91. The Morgan fingerprint density at radius 2 is 2.75 bits per heavy atom. The molecule has 5 nitrogen and oxygen atoms in total. The molecule has 1 aromatic heterocycles. The number of rotatable bonds is 5. The maximum Gasteiger partial charge on any atom is 0.213 e. The highest BCUT2D eigenvalue weighted by molar-refractivity contribution is 7.13. The lowest BCUT2D eigenvalue weighted by Gasteiger charge is -1.91. The van der Waals surface area contributed by atoms with Crippen molar-refractivity contribution in [2.75, 3.05) is 5.32 Å². The summed E-state index contributed by atoms with van der Waals surface area (Å²) in [6.07, 6.45) is 0.566. The van der Waals surface area contributed by atoms with Crippen molar-refractivity contribution >= 4 is 29.6 Å². The fourth-order valence-electron chi connectivity index (χ4n) is 0.593. The third-order valence-corrected chi connectivity index (χ3v) is 1.84. The third kappa shape index (κ3) is 2.31. The number of amides is 1. The lowest BCUT2D eigenvalue weighted by atomic mass is 10.5. The van der Waals surface area contributed by atoms with Crippen LogP contribution in [0.4, 0.5) is 5.13 Å². The minimum Gasteiger partial charge on any atom is -0.389 e. The third-order valence-electron chi connectivity index (χ3n) is 1.02. The number of anilines is 1. The van der Waals surface area contributed by atoms with Gasteiger partial charge in [0.05, 0.1) is 12.4 Å². The second-order valence-electron chi connectivity index (χ2n) is 1.79. The van der Waals surface area contributed by atoms with Gasteiger partial charge in [-0.3, -0.25) is 4.79 Å². The Kier molecular flexibility index (Phi) is 3.21. The molecule has 1 rings (SSSR count). The number of thiazole rings is 1. The van der Waals surface area contributed by atoms with E-state index >= 15 is 0 Å². The van der Waals surface area contributed by atoms with Crippen LogP contribution in [0.2, 0.25) is 0 Å². The monoisotopic (exact) mass is 184 g/mol. The molecule has 1 heterocycles. The predicted octanol–water partition coefficient (Wildman–Crippen LogP) is 0.721. The van der Waals surface area contributed by atoms with E-state index in [1.165, 1.54) is 11.3 Å². The molecule has 1 aromatic rings. The Balaban J connectivity index is 2.51. The molecule has 0 aromatic carbocycles. The van der Waals surface area contributed by atoms with Gasteiger partial charge in [0.1, 0.15) is 0 Å². The highest BCUT2D eigenvalue weighted by atomic mass is 32.1. The number of carbonyl (C=O) groups excluding carboxylic acids is 1. The number of aromatic nitrogens is 1. The summed E-state index contributed by atoms with van der Waals surface area (Å²) in [6.45, 7) is 4.96. The van der Waals surface area contributed by atoms with Crippen molar-refractivity contribution in [3.8, 4) is 0 Å². The molecular formula is C6H6N3O2S. The summed E-state index contributed by atoms with van der Waals surface area (Å²) in [5, 5.41) is 7.65. The fraction of sp³-hybridized carbons (Fsp3) is 0.167. The molecule has 0 bridgehead atoms. The van der Waals surface area contributed by atoms with Crippen LogP contribution in [-0.2, 0) is 16.2 Å². The lowest BCUT2D eigenvalue weighted by Crippen LogP contribution is -1.93.